The highest BCUT2D eigenvalue weighted by Gasteiger charge is 2.29. The van der Waals surface area contributed by atoms with Crippen molar-refractivity contribution in [2.45, 2.75) is 31.7 Å². The number of urea groups is 1. The Morgan fingerprint density at radius 1 is 1.00 bits per heavy atom. The largest absolute Gasteiger partial charge is 0.453 e. The van der Waals surface area contributed by atoms with E-state index in [0.717, 1.165) is 32.6 Å². The second kappa shape index (κ2) is 8.20. The Morgan fingerprint density at radius 2 is 1.64 bits per heavy atom. The van der Waals surface area contributed by atoms with Crippen LogP contribution >= 0.6 is 0 Å². The molecular weight excluding hydrogens is 320 g/mol. The Balaban J connectivity index is 1.53. The van der Waals surface area contributed by atoms with E-state index >= 15 is 0 Å². The van der Waals surface area contributed by atoms with Crippen LogP contribution in [-0.4, -0.2) is 61.3 Å². The van der Waals surface area contributed by atoms with Crippen LogP contribution < -0.4 is 10.6 Å². The number of nitrogens with zero attached hydrogens (tertiary/aromatic N) is 2. The molecule has 2 fully saturated rings. The number of likely N-dealkylation sites (tertiary alicyclic amines) is 2. The van der Waals surface area contributed by atoms with Gasteiger partial charge in [-0.25, -0.2) is 9.59 Å². The Bertz CT molecular complexity index is 599. The van der Waals surface area contributed by atoms with Gasteiger partial charge in [0.25, 0.3) is 0 Å². The van der Waals surface area contributed by atoms with Crippen molar-refractivity contribution >= 4 is 23.5 Å². The maximum atomic E-state index is 12.5. The number of piperidine rings is 1. The number of rotatable bonds is 3. The molecular formula is C18H26N4O3. The minimum absolute atomic E-state index is 0.0578. The molecule has 1 atom stereocenters. The summed E-state index contributed by atoms with van der Waals surface area (Å²) in [5.41, 5.74) is 1.33. The predicted octanol–water partition coefficient (Wildman–Crippen LogP) is 2.96. The van der Waals surface area contributed by atoms with Gasteiger partial charge in [-0.2, -0.15) is 0 Å². The number of nitrogens with one attached hydrogen (secondary N) is 2. The third kappa shape index (κ3) is 4.63. The molecule has 136 valence electrons. The van der Waals surface area contributed by atoms with Gasteiger partial charge in [-0.05, 0) is 63.0 Å². The molecule has 7 nitrogen and oxygen atoms in total. The summed E-state index contributed by atoms with van der Waals surface area (Å²) in [5.74, 6) is 0. The van der Waals surface area contributed by atoms with Gasteiger partial charge in [-0.3, -0.25) is 10.2 Å². The van der Waals surface area contributed by atoms with E-state index in [4.69, 9.17) is 0 Å². The predicted molar refractivity (Wildman–Crippen MR) is 96.9 cm³/mol. The molecule has 0 saturated carbocycles. The quantitative estimate of drug-likeness (QED) is 0.882. The van der Waals surface area contributed by atoms with E-state index in [1.165, 1.54) is 26.4 Å². The molecule has 2 aliphatic rings. The highest BCUT2D eigenvalue weighted by molar-refractivity contribution is 5.90. The minimum Gasteiger partial charge on any atom is -0.453 e. The molecule has 2 heterocycles. The molecule has 0 aliphatic carbocycles. The van der Waals surface area contributed by atoms with Crippen molar-refractivity contribution in [2.75, 3.05) is 43.9 Å². The first-order chi connectivity index (χ1) is 12.2. The zero-order chi connectivity index (χ0) is 17.6. The van der Waals surface area contributed by atoms with Crippen molar-refractivity contribution in [3.8, 4) is 0 Å². The van der Waals surface area contributed by atoms with E-state index in [1.807, 2.05) is 4.90 Å². The number of carbonyl (C=O) groups is 2. The molecule has 1 aromatic carbocycles. The van der Waals surface area contributed by atoms with Gasteiger partial charge in [0.1, 0.15) is 0 Å². The monoisotopic (exact) mass is 346 g/mol. The first kappa shape index (κ1) is 17.5. The summed E-state index contributed by atoms with van der Waals surface area (Å²) in [4.78, 5) is 28.2. The van der Waals surface area contributed by atoms with Gasteiger partial charge in [0.05, 0.1) is 7.11 Å². The van der Waals surface area contributed by atoms with Crippen LogP contribution in [-0.2, 0) is 4.74 Å². The fourth-order valence-corrected chi connectivity index (χ4v) is 3.55. The molecule has 0 unspecified atom stereocenters. The van der Waals surface area contributed by atoms with Gasteiger partial charge in [0, 0.05) is 30.5 Å². The molecule has 0 bridgehead atoms. The third-order valence-corrected chi connectivity index (χ3v) is 4.91. The SMILES string of the molecule is COC(=O)Nc1ccc(NC(=O)N2CCC[C@@H](N3CCCC3)C2)cc1. The summed E-state index contributed by atoms with van der Waals surface area (Å²) < 4.78 is 4.55. The molecule has 2 aliphatic heterocycles. The summed E-state index contributed by atoms with van der Waals surface area (Å²) in [7, 11) is 1.32. The standard InChI is InChI=1S/C18H26N4O3/c1-25-18(24)20-15-8-6-14(7-9-15)19-17(23)22-12-4-5-16(13-22)21-10-2-3-11-21/h6-9,16H,2-5,10-13H2,1H3,(H,19,23)(H,20,24)/t16-/m1/s1. The lowest BCUT2D eigenvalue weighted by Gasteiger charge is -2.37. The van der Waals surface area contributed by atoms with E-state index in [1.54, 1.807) is 24.3 Å². The van der Waals surface area contributed by atoms with Crippen LogP contribution in [0.1, 0.15) is 25.7 Å². The molecule has 0 radical (unpaired) electrons. The Morgan fingerprint density at radius 3 is 2.28 bits per heavy atom. The van der Waals surface area contributed by atoms with E-state index in [-0.39, 0.29) is 6.03 Å². The maximum absolute atomic E-state index is 12.5. The molecule has 2 saturated heterocycles. The van der Waals surface area contributed by atoms with Crippen LogP contribution in [0.3, 0.4) is 0 Å². The average molecular weight is 346 g/mol. The number of hydrogen-bond acceptors (Lipinski definition) is 4. The molecule has 3 amide bonds. The number of anilines is 2. The summed E-state index contributed by atoms with van der Waals surface area (Å²) in [5, 5.41) is 5.52. The first-order valence-corrected chi connectivity index (χ1v) is 8.91. The van der Waals surface area contributed by atoms with Crippen LogP contribution in [0.25, 0.3) is 0 Å². The van der Waals surface area contributed by atoms with E-state index in [9.17, 15) is 9.59 Å². The van der Waals surface area contributed by atoms with E-state index in [2.05, 4.69) is 20.3 Å². The zero-order valence-corrected chi connectivity index (χ0v) is 14.7. The van der Waals surface area contributed by atoms with Crippen molar-refractivity contribution in [3.05, 3.63) is 24.3 Å². The lowest BCUT2D eigenvalue weighted by Crippen LogP contribution is -2.50. The number of methoxy groups -OCH3 is 1. The van der Waals surface area contributed by atoms with Crippen LogP contribution in [0.15, 0.2) is 24.3 Å². The minimum atomic E-state index is -0.516. The van der Waals surface area contributed by atoms with Crippen molar-refractivity contribution in [3.63, 3.8) is 0 Å². The number of hydrogen-bond donors (Lipinski definition) is 2. The highest BCUT2D eigenvalue weighted by atomic mass is 16.5. The first-order valence-electron chi connectivity index (χ1n) is 8.91. The Kier molecular flexibility index (Phi) is 5.75. The van der Waals surface area contributed by atoms with E-state index < -0.39 is 6.09 Å². The van der Waals surface area contributed by atoms with Gasteiger partial charge >= 0.3 is 12.1 Å². The summed E-state index contributed by atoms with van der Waals surface area (Å²) in [6, 6.07) is 7.44. The summed E-state index contributed by atoms with van der Waals surface area (Å²) >= 11 is 0. The number of amides is 3. The number of carbonyl (C=O) groups excluding carboxylic acids is 2. The van der Waals surface area contributed by atoms with Gasteiger partial charge in [-0.1, -0.05) is 0 Å². The molecule has 0 aromatic heterocycles. The molecule has 25 heavy (non-hydrogen) atoms. The van der Waals surface area contributed by atoms with Gasteiger partial charge < -0.3 is 15.0 Å². The lowest BCUT2D eigenvalue weighted by molar-refractivity contribution is 0.132. The molecule has 1 aromatic rings. The topological polar surface area (TPSA) is 73.9 Å². The molecule has 2 N–H and O–H groups in total. The van der Waals surface area contributed by atoms with Crippen LogP contribution in [0.4, 0.5) is 21.0 Å². The average Bonchev–Trinajstić information content (AvgIpc) is 3.18. The smallest absolute Gasteiger partial charge is 0.411 e. The number of ether oxygens (including phenoxy) is 1. The highest BCUT2D eigenvalue weighted by Crippen LogP contribution is 2.21. The van der Waals surface area contributed by atoms with Crippen LogP contribution in [0.2, 0.25) is 0 Å². The zero-order valence-electron chi connectivity index (χ0n) is 14.7. The summed E-state index contributed by atoms with van der Waals surface area (Å²) in [6.45, 7) is 3.93. The summed E-state index contributed by atoms with van der Waals surface area (Å²) in [6.07, 6.45) is 4.26. The second-order valence-electron chi connectivity index (χ2n) is 6.61. The molecule has 0 spiro atoms. The third-order valence-electron chi connectivity index (χ3n) is 4.91. The van der Waals surface area contributed by atoms with Crippen LogP contribution in [0.5, 0.6) is 0 Å². The molecule has 7 heteroatoms. The van der Waals surface area contributed by atoms with Crippen molar-refractivity contribution in [1.29, 1.82) is 0 Å². The van der Waals surface area contributed by atoms with E-state index in [0.29, 0.717) is 17.4 Å². The fraction of sp³-hybridized carbons (Fsp3) is 0.556. The van der Waals surface area contributed by atoms with Gasteiger partial charge in [-0.15, -0.1) is 0 Å². The maximum Gasteiger partial charge on any atom is 0.411 e. The Hall–Kier alpha value is -2.28. The van der Waals surface area contributed by atoms with Crippen molar-refractivity contribution < 1.29 is 14.3 Å². The second-order valence-corrected chi connectivity index (χ2v) is 6.61. The van der Waals surface area contributed by atoms with Crippen molar-refractivity contribution in [1.82, 2.24) is 9.80 Å². The Labute approximate surface area is 148 Å². The normalized spacial score (nSPS) is 21.0. The van der Waals surface area contributed by atoms with Gasteiger partial charge in [0.2, 0.25) is 0 Å². The van der Waals surface area contributed by atoms with Crippen LogP contribution in [0, 0.1) is 0 Å². The lowest BCUT2D eigenvalue weighted by atomic mass is 10.0. The van der Waals surface area contributed by atoms with Crippen molar-refractivity contribution in [2.24, 2.45) is 0 Å². The number of benzene rings is 1. The molecule has 3 rings (SSSR count). The fourth-order valence-electron chi connectivity index (χ4n) is 3.55. The van der Waals surface area contributed by atoms with Gasteiger partial charge in [0.15, 0.2) is 0 Å².